The lowest BCUT2D eigenvalue weighted by Crippen LogP contribution is -2.11. The van der Waals surface area contributed by atoms with Gasteiger partial charge in [0.05, 0.1) is 24.8 Å². The highest BCUT2D eigenvalue weighted by molar-refractivity contribution is 9.12. The molecule has 0 aliphatic rings. The molecule has 1 aromatic heterocycles. The molecular weight excluding hydrogens is 441 g/mol. The van der Waals surface area contributed by atoms with Gasteiger partial charge in [-0.05, 0) is 62.5 Å². The molecule has 0 atom stereocenters. The van der Waals surface area contributed by atoms with Gasteiger partial charge in [0, 0.05) is 5.69 Å². The van der Waals surface area contributed by atoms with Gasteiger partial charge in [-0.15, -0.1) is 11.3 Å². The maximum atomic E-state index is 12.2. The van der Waals surface area contributed by atoms with Gasteiger partial charge >= 0.3 is 0 Å². The van der Waals surface area contributed by atoms with Crippen molar-refractivity contribution in [3.8, 4) is 5.75 Å². The number of nitrogens with one attached hydrogen (secondary N) is 1. The van der Waals surface area contributed by atoms with Crippen molar-refractivity contribution >= 4 is 66.4 Å². The van der Waals surface area contributed by atoms with Gasteiger partial charge in [-0.1, -0.05) is 18.5 Å². The van der Waals surface area contributed by atoms with Crippen LogP contribution in [0.4, 0.5) is 5.69 Å². The summed E-state index contributed by atoms with van der Waals surface area (Å²) in [5.41, 5.74) is 1.21. The number of thiophene rings is 1. The molecule has 2 rings (SSSR count). The summed E-state index contributed by atoms with van der Waals surface area (Å²) < 4.78 is 7.16. The first-order valence-electron chi connectivity index (χ1n) is 6.19. The molecule has 0 aliphatic carbocycles. The van der Waals surface area contributed by atoms with Crippen molar-refractivity contribution in [1.29, 1.82) is 0 Å². The molecular formula is C14H12Br2ClNO2S. The molecule has 0 aliphatic heterocycles. The van der Waals surface area contributed by atoms with Gasteiger partial charge in [-0.3, -0.25) is 4.79 Å². The summed E-state index contributed by atoms with van der Waals surface area (Å²) in [5.74, 6) is 0.429. The van der Waals surface area contributed by atoms with Crippen LogP contribution in [0, 0.1) is 0 Å². The second kappa shape index (κ2) is 7.63. The average molecular weight is 454 g/mol. The Hall–Kier alpha value is -0.560. The summed E-state index contributed by atoms with van der Waals surface area (Å²) >= 11 is 14.3. The Balaban J connectivity index is 2.11. The number of carbonyl (C=O) groups is 1. The molecule has 0 unspecified atom stereocenters. The van der Waals surface area contributed by atoms with E-state index in [-0.39, 0.29) is 5.91 Å². The zero-order chi connectivity index (χ0) is 15.4. The largest absolute Gasteiger partial charge is 0.492 e. The standard InChI is InChI=1S/C14H12Br2ClNO2S/c1-2-5-20-11-4-3-8(6-10(11)17)18-14(19)9-7-12(15)21-13(9)16/h3-4,6-7H,2,5H2,1H3,(H,18,19). The second-order valence-corrected chi connectivity index (χ2v) is 8.34. The lowest BCUT2D eigenvalue weighted by molar-refractivity contribution is 0.102. The third-order valence-corrected chi connectivity index (χ3v) is 5.19. The number of hydrogen-bond acceptors (Lipinski definition) is 3. The molecule has 1 aromatic carbocycles. The van der Waals surface area contributed by atoms with Crippen LogP contribution in [0.15, 0.2) is 31.8 Å². The van der Waals surface area contributed by atoms with Crippen molar-refractivity contribution in [2.75, 3.05) is 11.9 Å². The van der Waals surface area contributed by atoms with Crippen LogP contribution in [0.25, 0.3) is 0 Å². The summed E-state index contributed by atoms with van der Waals surface area (Å²) in [6, 6.07) is 6.97. The minimum absolute atomic E-state index is 0.192. The zero-order valence-corrected chi connectivity index (χ0v) is 15.8. The second-order valence-electron chi connectivity index (χ2n) is 4.19. The molecule has 1 heterocycles. The highest BCUT2D eigenvalue weighted by Gasteiger charge is 2.14. The molecule has 1 N–H and O–H groups in total. The average Bonchev–Trinajstić information content (AvgIpc) is 2.77. The monoisotopic (exact) mass is 451 g/mol. The third-order valence-electron chi connectivity index (χ3n) is 2.55. The Morgan fingerprint density at radius 2 is 2.14 bits per heavy atom. The van der Waals surface area contributed by atoms with Crippen molar-refractivity contribution in [3.05, 3.63) is 42.4 Å². The Kier molecular flexibility index (Phi) is 6.10. The first-order chi connectivity index (χ1) is 10.0. The van der Waals surface area contributed by atoms with E-state index in [9.17, 15) is 4.79 Å². The number of rotatable bonds is 5. The molecule has 3 nitrogen and oxygen atoms in total. The third kappa shape index (κ3) is 4.45. The fourth-order valence-corrected chi connectivity index (χ4v) is 4.63. The Bertz CT molecular complexity index is 660. The number of amides is 1. The Labute approximate surface area is 148 Å². The SMILES string of the molecule is CCCOc1ccc(NC(=O)c2cc(Br)sc2Br)cc1Cl. The van der Waals surface area contributed by atoms with E-state index in [1.807, 2.05) is 6.92 Å². The lowest BCUT2D eigenvalue weighted by Gasteiger charge is -2.09. The normalized spacial score (nSPS) is 10.5. The zero-order valence-electron chi connectivity index (χ0n) is 11.1. The number of anilines is 1. The van der Waals surface area contributed by atoms with Gasteiger partial charge in [-0.2, -0.15) is 0 Å². The molecule has 1 amide bonds. The van der Waals surface area contributed by atoms with E-state index in [4.69, 9.17) is 16.3 Å². The van der Waals surface area contributed by atoms with Crippen molar-refractivity contribution in [2.24, 2.45) is 0 Å². The molecule has 112 valence electrons. The molecule has 0 saturated carbocycles. The van der Waals surface area contributed by atoms with Crippen LogP contribution >= 0.6 is 54.8 Å². The van der Waals surface area contributed by atoms with Crippen LogP contribution < -0.4 is 10.1 Å². The van der Waals surface area contributed by atoms with Crippen LogP contribution in [-0.2, 0) is 0 Å². The predicted molar refractivity (Wildman–Crippen MR) is 94.9 cm³/mol. The van der Waals surface area contributed by atoms with Gasteiger partial charge < -0.3 is 10.1 Å². The lowest BCUT2D eigenvalue weighted by atomic mass is 10.2. The molecule has 2 aromatic rings. The first-order valence-corrected chi connectivity index (χ1v) is 8.98. The molecule has 0 fully saturated rings. The van der Waals surface area contributed by atoms with Gasteiger partial charge in [0.15, 0.2) is 0 Å². The summed E-state index contributed by atoms with van der Waals surface area (Å²) in [6.45, 7) is 2.64. The van der Waals surface area contributed by atoms with Crippen LogP contribution in [0.5, 0.6) is 5.75 Å². The highest BCUT2D eigenvalue weighted by Crippen LogP contribution is 2.33. The Morgan fingerprint density at radius 3 is 2.71 bits per heavy atom. The minimum atomic E-state index is -0.192. The van der Waals surface area contributed by atoms with E-state index >= 15 is 0 Å². The van der Waals surface area contributed by atoms with Crippen molar-refractivity contribution < 1.29 is 9.53 Å². The van der Waals surface area contributed by atoms with E-state index in [1.165, 1.54) is 11.3 Å². The fraction of sp³-hybridized carbons (Fsp3) is 0.214. The smallest absolute Gasteiger partial charge is 0.257 e. The molecule has 7 heteroatoms. The Morgan fingerprint density at radius 1 is 1.38 bits per heavy atom. The molecule has 0 saturated heterocycles. The maximum Gasteiger partial charge on any atom is 0.257 e. The van der Waals surface area contributed by atoms with Crippen LogP contribution in [-0.4, -0.2) is 12.5 Å². The minimum Gasteiger partial charge on any atom is -0.492 e. The topological polar surface area (TPSA) is 38.3 Å². The first kappa shape index (κ1) is 16.8. The number of halogens is 3. The van der Waals surface area contributed by atoms with Crippen molar-refractivity contribution in [3.63, 3.8) is 0 Å². The molecule has 0 spiro atoms. The highest BCUT2D eigenvalue weighted by atomic mass is 79.9. The number of hydrogen-bond donors (Lipinski definition) is 1. The summed E-state index contributed by atoms with van der Waals surface area (Å²) in [5, 5.41) is 3.29. The van der Waals surface area contributed by atoms with Crippen molar-refractivity contribution in [1.82, 2.24) is 0 Å². The molecule has 21 heavy (non-hydrogen) atoms. The number of benzene rings is 1. The van der Waals surface area contributed by atoms with E-state index in [0.717, 1.165) is 14.0 Å². The van der Waals surface area contributed by atoms with Crippen LogP contribution in [0.2, 0.25) is 5.02 Å². The molecule has 0 radical (unpaired) electrons. The van der Waals surface area contributed by atoms with Crippen molar-refractivity contribution in [2.45, 2.75) is 13.3 Å². The van der Waals surface area contributed by atoms with E-state index < -0.39 is 0 Å². The van der Waals surface area contributed by atoms with Gasteiger partial charge in [0.2, 0.25) is 0 Å². The number of ether oxygens (including phenoxy) is 1. The van der Waals surface area contributed by atoms with Gasteiger partial charge in [-0.25, -0.2) is 0 Å². The summed E-state index contributed by atoms with van der Waals surface area (Å²) in [4.78, 5) is 12.2. The van der Waals surface area contributed by atoms with E-state index in [2.05, 4.69) is 37.2 Å². The van der Waals surface area contributed by atoms with E-state index in [0.29, 0.717) is 28.6 Å². The quantitative estimate of drug-likeness (QED) is 0.606. The summed E-state index contributed by atoms with van der Waals surface area (Å²) in [6.07, 6.45) is 0.913. The maximum absolute atomic E-state index is 12.2. The van der Waals surface area contributed by atoms with Gasteiger partial charge in [0.1, 0.15) is 5.75 Å². The van der Waals surface area contributed by atoms with Crippen LogP contribution in [0.3, 0.4) is 0 Å². The summed E-state index contributed by atoms with van der Waals surface area (Å²) in [7, 11) is 0. The number of carbonyl (C=O) groups excluding carboxylic acids is 1. The van der Waals surface area contributed by atoms with Gasteiger partial charge in [0.25, 0.3) is 5.91 Å². The van der Waals surface area contributed by atoms with E-state index in [1.54, 1.807) is 24.3 Å². The fourth-order valence-electron chi connectivity index (χ4n) is 1.60. The molecule has 0 bridgehead atoms. The predicted octanol–water partition coefficient (Wildman–Crippen LogP) is 5.97. The van der Waals surface area contributed by atoms with Crippen LogP contribution in [0.1, 0.15) is 23.7 Å².